The average Bonchev–Trinajstić information content (AvgIpc) is 3.12. The number of amides is 1. The Morgan fingerprint density at radius 1 is 1.16 bits per heavy atom. The van der Waals surface area contributed by atoms with Gasteiger partial charge in [0.05, 0.1) is 16.0 Å². The molecule has 0 unspecified atom stereocenters. The Labute approximate surface area is 146 Å². The fraction of sp³-hybridized carbons (Fsp3) is 0. The molecule has 3 rings (SSSR count). The largest absolute Gasteiger partial charge is 0.324 e. The molecule has 0 saturated heterocycles. The van der Waals surface area contributed by atoms with Gasteiger partial charge in [-0.1, -0.05) is 41.7 Å². The van der Waals surface area contributed by atoms with Crippen molar-refractivity contribution in [1.82, 2.24) is 10.4 Å². The lowest BCUT2D eigenvalue weighted by Crippen LogP contribution is -2.18. The first-order valence-corrected chi connectivity index (χ1v) is 8.04. The first-order valence-electron chi connectivity index (χ1n) is 7.22. The van der Waals surface area contributed by atoms with Crippen molar-refractivity contribution in [3.8, 4) is 11.1 Å². The van der Waals surface area contributed by atoms with Crippen LogP contribution in [0.1, 0.15) is 15.4 Å². The molecule has 0 bridgehead atoms. The van der Waals surface area contributed by atoms with E-state index in [1.165, 1.54) is 12.3 Å². The highest BCUT2D eigenvalue weighted by atomic mass is 32.1. The summed E-state index contributed by atoms with van der Waals surface area (Å²) in [4.78, 5) is 26.9. The molecule has 0 saturated carbocycles. The minimum absolute atomic E-state index is 0.0185. The van der Waals surface area contributed by atoms with E-state index in [0.717, 1.165) is 22.5 Å². The van der Waals surface area contributed by atoms with Crippen molar-refractivity contribution in [2.24, 2.45) is 5.10 Å². The Kier molecular flexibility index (Phi) is 4.91. The minimum Gasteiger partial charge on any atom is -0.266 e. The molecular weight excluding hydrogens is 340 g/mol. The topological polar surface area (TPSA) is 97.5 Å². The molecule has 25 heavy (non-hydrogen) atoms. The van der Waals surface area contributed by atoms with Gasteiger partial charge in [0, 0.05) is 12.3 Å². The number of rotatable bonds is 5. The Hall–Kier alpha value is -3.39. The van der Waals surface area contributed by atoms with Gasteiger partial charge in [-0.2, -0.15) is 5.10 Å². The molecule has 0 fully saturated rings. The number of carbonyl (C=O) groups excluding carboxylic acids is 1. The fourth-order valence-corrected chi connectivity index (χ4v) is 2.78. The molecule has 1 aromatic carbocycles. The van der Waals surface area contributed by atoms with Gasteiger partial charge in [0.2, 0.25) is 0 Å². The maximum atomic E-state index is 12.1. The highest BCUT2D eigenvalue weighted by molar-refractivity contribution is 7.16. The predicted octanol–water partition coefficient (Wildman–Crippen LogP) is 3.48. The van der Waals surface area contributed by atoms with E-state index in [4.69, 9.17) is 0 Å². The molecule has 8 heteroatoms. The van der Waals surface area contributed by atoms with Crippen molar-refractivity contribution >= 4 is 28.5 Å². The summed E-state index contributed by atoms with van der Waals surface area (Å²) in [5.74, 6) is -0.458. The standard InChI is InChI=1S/C17H12N4O3S/c22-17(20-19-11-14-6-7-16(25-14)21(23)24)15-10-13(8-9-18-15)12-4-2-1-3-5-12/h1-11H,(H,20,22)/b19-11+. The third-order valence-corrected chi connectivity index (χ3v) is 4.22. The molecule has 0 aliphatic rings. The summed E-state index contributed by atoms with van der Waals surface area (Å²) in [6, 6.07) is 16.1. The van der Waals surface area contributed by atoms with Gasteiger partial charge in [0.25, 0.3) is 5.91 Å². The quantitative estimate of drug-likeness (QED) is 0.432. The first kappa shape index (κ1) is 16.5. The van der Waals surface area contributed by atoms with Crippen LogP contribution in [0.15, 0.2) is 65.9 Å². The normalized spacial score (nSPS) is 10.7. The zero-order valence-electron chi connectivity index (χ0n) is 12.8. The second-order valence-electron chi connectivity index (χ2n) is 4.93. The molecular formula is C17H12N4O3S. The van der Waals surface area contributed by atoms with Gasteiger partial charge in [0.15, 0.2) is 0 Å². The maximum Gasteiger partial charge on any atom is 0.324 e. The van der Waals surface area contributed by atoms with Crippen LogP contribution in [0, 0.1) is 10.1 Å². The number of carbonyl (C=O) groups is 1. The number of hydrogen-bond donors (Lipinski definition) is 1. The molecule has 7 nitrogen and oxygen atoms in total. The third-order valence-electron chi connectivity index (χ3n) is 3.25. The van der Waals surface area contributed by atoms with Crippen LogP contribution < -0.4 is 5.43 Å². The van der Waals surface area contributed by atoms with Crippen molar-refractivity contribution in [3.05, 3.63) is 81.5 Å². The van der Waals surface area contributed by atoms with E-state index >= 15 is 0 Å². The zero-order chi connectivity index (χ0) is 17.6. The summed E-state index contributed by atoms with van der Waals surface area (Å²) in [5, 5.41) is 14.5. The molecule has 0 radical (unpaired) electrons. The number of aromatic nitrogens is 1. The smallest absolute Gasteiger partial charge is 0.266 e. The van der Waals surface area contributed by atoms with Crippen LogP contribution in [0.3, 0.4) is 0 Å². The maximum absolute atomic E-state index is 12.1. The molecule has 0 aliphatic carbocycles. The summed E-state index contributed by atoms with van der Waals surface area (Å²) in [6.45, 7) is 0. The van der Waals surface area contributed by atoms with E-state index in [0.29, 0.717) is 4.88 Å². The van der Waals surface area contributed by atoms with Gasteiger partial charge < -0.3 is 0 Å². The molecule has 124 valence electrons. The lowest BCUT2D eigenvalue weighted by molar-refractivity contribution is -0.380. The van der Waals surface area contributed by atoms with Crippen molar-refractivity contribution in [2.45, 2.75) is 0 Å². The molecule has 0 spiro atoms. The van der Waals surface area contributed by atoms with Gasteiger partial charge in [0.1, 0.15) is 5.69 Å². The summed E-state index contributed by atoms with van der Waals surface area (Å²) in [5.41, 5.74) is 4.46. The lowest BCUT2D eigenvalue weighted by Gasteiger charge is -2.03. The van der Waals surface area contributed by atoms with Crippen LogP contribution in [0.4, 0.5) is 5.00 Å². The molecule has 3 aromatic rings. The Morgan fingerprint density at radius 2 is 1.96 bits per heavy atom. The molecule has 2 heterocycles. The molecule has 1 amide bonds. The van der Waals surface area contributed by atoms with Crippen LogP contribution >= 0.6 is 11.3 Å². The Morgan fingerprint density at radius 3 is 2.68 bits per heavy atom. The van der Waals surface area contributed by atoms with E-state index in [1.54, 1.807) is 18.3 Å². The number of nitrogens with zero attached hydrogens (tertiary/aromatic N) is 3. The number of benzene rings is 1. The minimum atomic E-state index is -0.473. The SMILES string of the molecule is O=C(N/N=C/c1ccc([N+](=O)[O-])s1)c1cc(-c2ccccc2)ccn1. The zero-order valence-corrected chi connectivity index (χ0v) is 13.6. The lowest BCUT2D eigenvalue weighted by atomic mass is 10.1. The summed E-state index contributed by atoms with van der Waals surface area (Å²) in [7, 11) is 0. The van der Waals surface area contributed by atoms with E-state index in [9.17, 15) is 14.9 Å². The number of hydrazone groups is 1. The summed E-state index contributed by atoms with van der Waals surface area (Å²) >= 11 is 0.973. The Bertz CT molecular complexity index is 938. The molecule has 0 atom stereocenters. The van der Waals surface area contributed by atoms with E-state index in [-0.39, 0.29) is 10.7 Å². The number of nitrogens with one attached hydrogen (secondary N) is 1. The first-order chi connectivity index (χ1) is 12.1. The van der Waals surface area contributed by atoms with Crippen molar-refractivity contribution < 1.29 is 9.72 Å². The van der Waals surface area contributed by atoms with Crippen LogP contribution in [-0.4, -0.2) is 22.0 Å². The van der Waals surface area contributed by atoms with Crippen molar-refractivity contribution in [2.75, 3.05) is 0 Å². The van der Waals surface area contributed by atoms with Crippen molar-refractivity contribution in [1.29, 1.82) is 0 Å². The van der Waals surface area contributed by atoms with Crippen LogP contribution in [0.5, 0.6) is 0 Å². The van der Waals surface area contributed by atoms with Gasteiger partial charge in [-0.05, 0) is 29.3 Å². The van der Waals surface area contributed by atoms with Gasteiger partial charge in [-0.15, -0.1) is 0 Å². The van der Waals surface area contributed by atoms with Crippen LogP contribution in [-0.2, 0) is 0 Å². The van der Waals surface area contributed by atoms with E-state index in [2.05, 4.69) is 15.5 Å². The van der Waals surface area contributed by atoms with E-state index < -0.39 is 10.8 Å². The second kappa shape index (κ2) is 7.45. The second-order valence-corrected chi connectivity index (χ2v) is 6.02. The van der Waals surface area contributed by atoms with Gasteiger partial charge in [-0.25, -0.2) is 5.43 Å². The summed E-state index contributed by atoms with van der Waals surface area (Å²) in [6.07, 6.45) is 2.92. The molecule has 0 aliphatic heterocycles. The highest BCUT2D eigenvalue weighted by Crippen LogP contribution is 2.22. The summed E-state index contributed by atoms with van der Waals surface area (Å²) < 4.78 is 0. The number of nitro groups is 1. The monoisotopic (exact) mass is 352 g/mol. The number of thiophene rings is 1. The average molecular weight is 352 g/mol. The van der Waals surface area contributed by atoms with Crippen LogP contribution in [0.25, 0.3) is 11.1 Å². The third kappa shape index (κ3) is 4.12. The van der Waals surface area contributed by atoms with Gasteiger partial charge in [-0.3, -0.25) is 19.9 Å². The van der Waals surface area contributed by atoms with E-state index in [1.807, 2.05) is 36.4 Å². The number of hydrogen-bond acceptors (Lipinski definition) is 6. The fourth-order valence-electron chi connectivity index (χ4n) is 2.09. The van der Waals surface area contributed by atoms with Gasteiger partial charge >= 0.3 is 5.00 Å². The van der Waals surface area contributed by atoms with Crippen molar-refractivity contribution in [3.63, 3.8) is 0 Å². The number of pyridine rings is 1. The molecule has 1 N–H and O–H groups in total. The molecule has 2 aromatic heterocycles. The Balaban J connectivity index is 1.69. The highest BCUT2D eigenvalue weighted by Gasteiger charge is 2.09. The predicted molar refractivity (Wildman–Crippen MR) is 95.7 cm³/mol. The van der Waals surface area contributed by atoms with Crippen LogP contribution in [0.2, 0.25) is 0 Å².